The van der Waals surface area contributed by atoms with E-state index in [1.165, 1.54) is 6.07 Å². The third-order valence-corrected chi connectivity index (χ3v) is 8.56. The third kappa shape index (κ3) is 5.70. The average molecular weight is 601 g/mol. The van der Waals surface area contributed by atoms with Crippen molar-refractivity contribution in [3.63, 3.8) is 0 Å². The highest BCUT2D eigenvalue weighted by molar-refractivity contribution is 6.34. The SMILES string of the molecule is Cn1cc(C(=O)Nc2cc(F)c(CC(=O)N3CCC[C@]3(F)C(=O)N[C@H]3CC[C@H](C(=O)O)CC3)cc2Cl)c2ccccc21. The summed E-state index contributed by atoms with van der Waals surface area (Å²) in [5.74, 6) is -6.99. The summed E-state index contributed by atoms with van der Waals surface area (Å²) in [6, 6.07) is 9.17. The largest absolute Gasteiger partial charge is 0.481 e. The average Bonchev–Trinajstić information content (AvgIpc) is 3.52. The second kappa shape index (κ2) is 11.7. The highest BCUT2D eigenvalue weighted by atomic mass is 35.5. The lowest BCUT2D eigenvalue weighted by molar-refractivity contribution is -0.156. The molecular weight excluding hydrogens is 570 g/mol. The summed E-state index contributed by atoms with van der Waals surface area (Å²) in [6.07, 6.45) is 2.74. The van der Waals surface area contributed by atoms with E-state index in [1.807, 2.05) is 12.1 Å². The predicted molar refractivity (Wildman–Crippen MR) is 152 cm³/mol. The number of fused-ring (bicyclic) bond motifs is 1. The van der Waals surface area contributed by atoms with E-state index in [-0.39, 0.29) is 41.7 Å². The molecule has 12 heteroatoms. The minimum Gasteiger partial charge on any atom is -0.481 e. The molecule has 1 atom stereocenters. The van der Waals surface area contributed by atoms with Crippen LogP contribution in [-0.4, -0.2) is 56.6 Å². The van der Waals surface area contributed by atoms with Gasteiger partial charge in [0.15, 0.2) is 0 Å². The number of alkyl halides is 1. The monoisotopic (exact) mass is 600 g/mol. The Morgan fingerprint density at radius 2 is 1.83 bits per heavy atom. The van der Waals surface area contributed by atoms with E-state index in [9.17, 15) is 19.2 Å². The second-order valence-corrected chi connectivity index (χ2v) is 11.4. The minimum atomic E-state index is -2.59. The van der Waals surface area contributed by atoms with Gasteiger partial charge in [-0.05, 0) is 55.9 Å². The number of carbonyl (C=O) groups excluding carboxylic acids is 3. The molecule has 2 aliphatic rings. The minimum absolute atomic E-state index is 0.00423. The van der Waals surface area contributed by atoms with Gasteiger partial charge in [-0.15, -0.1) is 0 Å². The Balaban J connectivity index is 1.25. The second-order valence-electron chi connectivity index (χ2n) is 11.0. The summed E-state index contributed by atoms with van der Waals surface area (Å²) in [5, 5.41) is 15.1. The van der Waals surface area contributed by atoms with Crippen LogP contribution in [-0.2, 0) is 27.9 Å². The summed E-state index contributed by atoms with van der Waals surface area (Å²) >= 11 is 6.36. The van der Waals surface area contributed by atoms with E-state index in [2.05, 4.69) is 10.6 Å². The smallest absolute Gasteiger partial charge is 0.306 e. The maximum Gasteiger partial charge on any atom is 0.306 e. The molecule has 1 saturated heterocycles. The Kier molecular flexibility index (Phi) is 8.23. The fourth-order valence-corrected chi connectivity index (χ4v) is 6.15. The van der Waals surface area contributed by atoms with Crippen molar-refractivity contribution in [3.05, 3.63) is 64.6 Å². The highest BCUT2D eigenvalue weighted by Gasteiger charge is 2.51. The number of carboxylic acids is 1. The quantitative estimate of drug-likeness (QED) is 0.336. The molecule has 1 aliphatic carbocycles. The summed E-state index contributed by atoms with van der Waals surface area (Å²) in [6.45, 7) is -0.0109. The molecule has 42 heavy (non-hydrogen) atoms. The van der Waals surface area contributed by atoms with Gasteiger partial charge in [0.05, 0.1) is 28.6 Å². The molecule has 2 aromatic carbocycles. The van der Waals surface area contributed by atoms with Crippen LogP contribution in [0, 0.1) is 11.7 Å². The molecule has 1 aromatic heterocycles. The van der Waals surface area contributed by atoms with E-state index in [1.54, 1.807) is 29.9 Å². The number of aliphatic carboxylic acids is 1. The molecule has 3 aromatic rings. The number of likely N-dealkylation sites (tertiary alicyclic amines) is 1. The lowest BCUT2D eigenvalue weighted by Gasteiger charge is -2.33. The van der Waals surface area contributed by atoms with Crippen molar-refractivity contribution in [2.75, 3.05) is 11.9 Å². The van der Waals surface area contributed by atoms with Crippen LogP contribution in [0.25, 0.3) is 10.9 Å². The first-order valence-electron chi connectivity index (χ1n) is 13.8. The van der Waals surface area contributed by atoms with Crippen LogP contribution in [0.1, 0.15) is 54.4 Å². The van der Waals surface area contributed by atoms with Gasteiger partial charge in [-0.25, -0.2) is 8.78 Å². The van der Waals surface area contributed by atoms with Crippen molar-refractivity contribution in [2.45, 2.75) is 56.8 Å². The van der Waals surface area contributed by atoms with Gasteiger partial charge in [0, 0.05) is 43.2 Å². The van der Waals surface area contributed by atoms with E-state index < -0.39 is 47.6 Å². The molecule has 0 radical (unpaired) electrons. The molecule has 2 fully saturated rings. The van der Waals surface area contributed by atoms with Gasteiger partial charge in [-0.2, -0.15) is 0 Å². The molecule has 3 N–H and O–H groups in total. The van der Waals surface area contributed by atoms with E-state index in [0.717, 1.165) is 16.5 Å². The predicted octanol–water partition coefficient (Wildman–Crippen LogP) is 4.81. The lowest BCUT2D eigenvalue weighted by atomic mass is 9.86. The zero-order valence-electron chi connectivity index (χ0n) is 23.0. The Bertz CT molecular complexity index is 1570. The van der Waals surface area contributed by atoms with Gasteiger partial charge in [-0.1, -0.05) is 29.8 Å². The molecule has 0 unspecified atom stereocenters. The Hall–Kier alpha value is -3.99. The van der Waals surface area contributed by atoms with Crippen LogP contribution in [0.3, 0.4) is 0 Å². The van der Waals surface area contributed by atoms with Crippen LogP contribution in [0.5, 0.6) is 0 Å². The summed E-state index contributed by atoms with van der Waals surface area (Å²) in [5.41, 5.74) is 1.14. The van der Waals surface area contributed by atoms with Crippen molar-refractivity contribution in [3.8, 4) is 0 Å². The van der Waals surface area contributed by atoms with Crippen LogP contribution in [0.2, 0.25) is 5.02 Å². The summed E-state index contributed by atoms with van der Waals surface area (Å²) < 4.78 is 32.9. The number of nitrogens with zero attached hydrogens (tertiary/aromatic N) is 2. The maximum atomic E-state index is 16.0. The molecule has 0 bridgehead atoms. The first-order valence-corrected chi connectivity index (χ1v) is 14.2. The zero-order chi connectivity index (χ0) is 30.2. The number of halogens is 3. The molecular formula is C30H31ClF2N4O5. The third-order valence-electron chi connectivity index (χ3n) is 8.25. The molecule has 1 saturated carbocycles. The van der Waals surface area contributed by atoms with Crippen molar-refractivity contribution >= 4 is 51.9 Å². The van der Waals surface area contributed by atoms with Gasteiger partial charge in [0.2, 0.25) is 5.91 Å². The number of aryl methyl sites for hydroxylation is 1. The summed E-state index contributed by atoms with van der Waals surface area (Å²) in [4.78, 5) is 51.1. The number of rotatable bonds is 7. The number of hydrogen-bond acceptors (Lipinski definition) is 4. The number of aromatic nitrogens is 1. The number of benzene rings is 2. The van der Waals surface area contributed by atoms with Gasteiger partial charge >= 0.3 is 5.97 Å². The van der Waals surface area contributed by atoms with Gasteiger partial charge in [0.1, 0.15) is 5.82 Å². The van der Waals surface area contributed by atoms with Crippen molar-refractivity contribution in [1.82, 2.24) is 14.8 Å². The van der Waals surface area contributed by atoms with Gasteiger partial charge in [-0.3, -0.25) is 19.2 Å². The number of carbonyl (C=O) groups is 4. The van der Waals surface area contributed by atoms with Crippen molar-refractivity contribution in [2.24, 2.45) is 13.0 Å². The number of anilines is 1. The highest BCUT2D eigenvalue weighted by Crippen LogP contribution is 2.34. The van der Waals surface area contributed by atoms with Gasteiger partial charge < -0.3 is 25.2 Å². The number of carboxylic acid groups (broad SMARTS) is 1. The first-order chi connectivity index (χ1) is 20.0. The van der Waals surface area contributed by atoms with Crippen LogP contribution in [0.15, 0.2) is 42.6 Å². The van der Waals surface area contributed by atoms with Crippen LogP contribution in [0.4, 0.5) is 14.5 Å². The molecule has 5 rings (SSSR count). The number of para-hydroxylation sites is 1. The molecule has 2 heterocycles. The van der Waals surface area contributed by atoms with Crippen LogP contribution < -0.4 is 10.6 Å². The first kappa shape index (κ1) is 29.5. The van der Waals surface area contributed by atoms with Gasteiger partial charge in [0.25, 0.3) is 17.6 Å². The number of nitrogens with one attached hydrogen (secondary N) is 2. The lowest BCUT2D eigenvalue weighted by Crippen LogP contribution is -2.57. The normalized spacial score (nSPS) is 22.2. The van der Waals surface area contributed by atoms with E-state index >= 15 is 8.78 Å². The maximum absolute atomic E-state index is 16.0. The standard InChI is InChI=1S/C30H31ClF2N4O5/c1-36-16-21(20-5-2-3-6-25(20)36)27(39)35-24-15-23(32)18(13-22(24)31)14-26(38)37-12-4-11-30(37,33)29(42)34-19-9-7-17(8-10-19)28(40)41/h2-3,5-6,13,15-17,19H,4,7-12,14H2,1H3,(H,34,42)(H,35,39)(H,40,41)/t17-,19-,30-/m1/s1. The Labute approximate surface area is 245 Å². The fraction of sp³-hybridized carbons (Fsp3) is 0.400. The van der Waals surface area contributed by atoms with E-state index in [0.29, 0.717) is 36.6 Å². The fourth-order valence-electron chi connectivity index (χ4n) is 5.91. The number of hydrogen-bond donors (Lipinski definition) is 3. The Morgan fingerprint density at radius 1 is 1.12 bits per heavy atom. The molecule has 0 spiro atoms. The molecule has 3 amide bonds. The summed E-state index contributed by atoms with van der Waals surface area (Å²) in [7, 11) is 1.81. The van der Waals surface area contributed by atoms with Crippen LogP contribution >= 0.6 is 11.6 Å². The van der Waals surface area contributed by atoms with Crippen molar-refractivity contribution in [1.29, 1.82) is 0 Å². The topological polar surface area (TPSA) is 121 Å². The molecule has 222 valence electrons. The van der Waals surface area contributed by atoms with Crippen molar-refractivity contribution < 1.29 is 33.1 Å². The molecule has 9 nitrogen and oxygen atoms in total. The van der Waals surface area contributed by atoms with E-state index in [4.69, 9.17) is 16.7 Å². The Morgan fingerprint density at radius 3 is 2.55 bits per heavy atom. The molecule has 1 aliphatic heterocycles. The number of amides is 3. The zero-order valence-corrected chi connectivity index (χ0v) is 23.7.